The predicted molar refractivity (Wildman–Crippen MR) is 114 cm³/mol. The summed E-state index contributed by atoms with van der Waals surface area (Å²) in [7, 11) is 4.10. The molecule has 1 heterocycles. The van der Waals surface area contributed by atoms with E-state index in [1.807, 2.05) is 6.92 Å². The van der Waals surface area contributed by atoms with Gasteiger partial charge in [0.05, 0.1) is 27.1 Å². The van der Waals surface area contributed by atoms with Crippen molar-refractivity contribution < 1.29 is 36.9 Å². The Hall–Kier alpha value is -2.53. The zero-order chi connectivity index (χ0) is 23.9. The van der Waals surface area contributed by atoms with E-state index in [0.29, 0.717) is 17.7 Å². The van der Waals surface area contributed by atoms with E-state index in [1.165, 1.54) is 32.3 Å². The lowest BCUT2D eigenvalue weighted by atomic mass is 10.0. The van der Waals surface area contributed by atoms with Crippen LogP contribution in [0.25, 0.3) is 5.57 Å². The highest BCUT2D eigenvalue weighted by Gasteiger charge is 2.41. The van der Waals surface area contributed by atoms with Crippen molar-refractivity contribution in [2.24, 2.45) is 5.92 Å². The van der Waals surface area contributed by atoms with E-state index in [9.17, 15) is 18.0 Å². The second kappa shape index (κ2) is 11.4. The monoisotopic (exact) mass is 520 g/mol. The molecular weight excluding hydrogens is 497 g/mol. The molecule has 0 saturated heterocycles. The summed E-state index contributed by atoms with van der Waals surface area (Å²) < 4.78 is 62.4. The number of nitrogens with zero attached hydrogens (tertiary/aromatic N) is 2. The van der Waals surface area contributed by atoms with Gasteiger partial charge in [0.2, 0.25) is 5.88 Å². The molecule has 2 aromatic rings. The van der Waals surface area contributed by atoms with Crippen LogP contribution in [0.1, 0.15) is 23.6 Å². The van der Waals surface area contributed by atoms with E-state index in [0.717, 1.165) is 0 Å². The summed E-state index contributed by atoms with van der Waals surface area (Å²) in [6.07, 6.45) is -3.49. The summed E-state index contributed by atoms with van der Waals surface area (Å²) >= 11 is 3.00. The number of aromatic nitrogens is 2. The number of alkyl halides is 3. The zero-order valence-electron chi connectivity index (χ0n) is 18.0. The molecule has 0 saturated carbocycles. The minimum absolute atomic E-state index is 0.0762. The van der Waals surface area contributed by atoms with E-state index in [-0.39, 0.29) is 29.2 Å². The number of hydrogen-bond acceptors (Lipinski definition) is 6. The molecule has 7 nitrogen and oxygen atoms in total. The maximum absolute atomic E-state index is 13.7. The second-order valence-corrected chi connectivity index (χ2v) is 7.67. The standard InChI is InChI=1S/C21H24BrF3N2O5/c1-13(10-29-2)9-27-18(22)17(21(23,24)25)19(26-27)32-11-14-7-5-6-8-15(14)16(12-30-3)20(28)31-4/h5-8,12-13H,9-11H2,1-4H3/b16-12+. The van der Waals surface area contributed by atoms with Crippen molar-refractivity contribution in [3.05, 3.63) is 51.8 Å². The molecule has 176 valence electrons. The van der Waals surface area contributed by atoms with Crippen molar-refractivity contribution in [3.8, 4) is 5.88 Å². The number of benzene rings is 1. The minimum Gasteiger partial charge on any atom is -0.503 e. The van der Waals surface area contributed by atoms with Crippen molar-refractivity contribution >= 4 is 27.5 Å². The van der Waals surface area contributed by atoms with Gasteiger partial charge < -0.3 is 18.9 Å². The van der Waals surface area contributed by atoms with E-state index < -0.39 is 23.6 Å². The summed E-state index contributed by atoms with van der Waals surface area (Å²) in [4.78, 5) is 12.1. The molecular formula is C21H24BrF3N2O5. The first-order chi connectivity index (χ1) is 15.1. The molecule has 11 heteroatoms. The van der Waals surface area contributed by atoms with Gasteiger partial charge in [0.1, 0.15) is 16.8 Å². The van der Waals surface area contributed by atoms with Crippen LogP contribution in [0.4, 0.5) is 13.2 Å². The van der Waals surface area contributed by atoms with Crippen LogP contribution < -0.4 is 4.74 Å². The SMILES string of the molecule is CO/C=C(/C(=O)OC)c1ccccc1COc1nn(CC(C)COC)c(Br)c1C(F)(F)F. The predicted octanol–water partition coefficient (Wildman–Crippen LogP) is 4.69. The normalized spacial score (nSPS) is 13.1. The van der Waals surface area contributed by atoms with Gasteiger partial charge in [-0.3, -0.25) is 4.68 Å². The molecule has 1 aromatic carbocycles. The van der Waals surface area contributed by atoms with Crippen molar-refractivity contribution in [2.45, 2.75) is 26.3 Å². The average molecular weight is 521 g/mol. The number of carbonyl (C=O) groups is 1. The van der Waals surface area contributed by atoms with E-state index in [1.54, 1.807) is 24.3 Å². The lowest BCUT2D eigenvalue weighted by Gasteiger charge is -2.13. The van der Waals surface area contributed by atoms with Gasteiger partial charge in [-0.1, -0.05) is 31.2 Å². The minimum atomic E-state index is -4.69. The Bertz CT molecular complexity index is 959. The fraction of sp³-hybridized carbons (Fsp3) is 0.429. The van der Waals surface area contributed by atoms with Crippen molar-refractivity contribution in [2.75, 3.05) is 27.9 Å². The molecule has 1 aromatic heterocycles. The number of hydrogen-bond donors (Lipinski definition) is 0. The highest BCUT2D eigenvalue weighted by atomic mass is 79.9. The third kappa shape index (κ3) is 6.26. The maximum atomic E-state index is 13.7. The van der Waals surface area contributed by atoms with Crippen molar-refractivity contribution in [1.82, 2.24) is 9.78 Å². The van der Waals surface area contributed by atoms with Crippen LogP contribution in [0.3, 0.4) is 0 Å². The van der Waals surface area contributed by atoms with E-state index in [4.69, 9.17) is 18.9 Å². The fourth-order valence-corrected chi connectivity index (χ4v) is 3.64. The first kappa shape index (κ1) is 25.7. The van der Waals surface area contributed by atoms with Crippen molar-refractivity contribution in [1.29, 1.82) is 0 Å². The van der Waals surface area contributed by atoms with Gasteiger partial charge in [-0.2, -0.15) is 13.2 Å². The molecule has 0 aliphatic heterocycles. The Balaban J connectivity index is 2.39. The summed E-state index contributed by atoms with van der Waals surface area (Å²) in [6.45, 7) is 2.12. The first-order valence-corrected chi connectivity index (χ1v) is 10.3. The molecule has 0 bridgehead atoms. The van der Waals surface area contributed by atoms with Crippen LogP contribution in [0.2, 0.25) is 0 Å². The molecule has 0 radical (unpaired) electrons. The molecule has 0 amide bonds. The lowest BCUT2D eigenvalue weighted by molar-refractivity contribution is -0.139. The highest BCUT2D eigenvalue weighted by molar-refractivity contribution is 9.10. The second-order valence-electron chi connectivity index (χ2n) is 6.92. The largest absolute Gasteiger partial charge is 0.503 e. The van der Waals surface area contributed by atoms with Gasteiger partial charge in [-0.25, -0.2) is 4.79 Å². The van der Waals surface area contributed by atoms with Crippen LogP contribution in [-0.2, 0) is 38.3 Å². The fourth-order valence-electron chi connectivity index (χ4n) is 3.02. The molecule has 1 atom stereocenters. The number of carbonyl (C=O) groups excluding carboxylic acids is 1. The van der Waals surface area contributed by atoms with Gasteiger partial charge in [-0.05, 0) is 33.0 Å². The van der Waals surface area contributed by atoms with Crippen LogP contribution in [0, 0.1) is 5.92 Å². The Morgan fingerprint density at radius 2 is 1.94 bits per heavy atom. The number of halogens is 4. The number of esters is 1. The molecule has 0 N–H and O–H groups in total. The van der Waals surface area contributed by atoms with E-state index in [2.05, 4.69) is 21.0 Å². The smallest absolute Gasteiger partial charge is 0.424 e. The number of rotatable bonds is 10. The highest BCUT2D eigenvalue weighted by Crippen LogP contribution is 2.41. The number of methoxy groups -OCH3 is 3. The molecule has 0 fully saturated rings. The van der Waals surface area contributed by atoms with Crippen LogP contribution in [0.5, 0.6) is 5.88 Å². The Kier molecular flexibility index (Phi) is 9.14. The summed E-state index contributed by atoms with van der Waals surface area (Å²) in [5.41, 5.74) is -0.0553. The molecule has 32 heavy (non-hydrogen) atoms. The number of ether oxygens (including phenoxy) is 4. The Labute approximate surface area is 192 Å². The van der Waals surface area contributed by atoms with Gasteiger partial charge in [0.15, 0.2) is 5.56 Å². The zero-order valence-corrected chi connectivity index (χ0v) is 19.6. The third-order valence-corrected chi connectivity index (χ3v) is 5.20. The summed E-state index contributed by atoms with van der Waals surface area (Å²) in [5.74, 6) is -1.30. The molecule has 0 aliphatic carbocycles. The topological polar surface area (TPSA) is 71.8 Å². The van der Waals surface area contributed by atoms with Crippen LogP contribution in [0.15, 0.2) is 35.1 Å². The lowest BCUT2D eigenvalue weighted by Crippen LogP contribution is -2.14. The van der Waals surface area contributed by atoms with Crippen LogP contribution in [-0.4, -0.2) is 43.7 Å². The van der Waals surface area contributed by atoms with Gasteiger partial charge in [-0.15, -0.1) is 5.10 Å². The van der Waals surface area contributed by atoms with Crippen molar-refractivity contribution in [3.63, 3.8) is 0 Å². The average Bonchev–Trinajstić information content (AvgIpc) is 3.05. The Morgan fingerprint density at radius 1 is 1.25 bits per heavy atom. The van der Waals surface area contributed by atoms with Gasteiger partial charge in [0, 0.05) is 13.7 Å². The first-order valence-electron chi connectivity index (χ1n) is 9.48. The molecule has 0 aliphatic rings. The third-order valence-electron chi connectivity index (χ3n) is 4.39. The molecule has 0 spiro atoms. The van der Waals surface area contributed by atoms with E-state index >= 15 is 0 Å². The Morgan fingerprint density at radius 3 is 2.53 bits per heavy atom. The van der Waals surface area contributed by atoms with Crippen LogP contribution >= 0.6 is 15.9 Å². The quantitative estimate of drug-likeness (QED) is 0.257. The maximum Gasteiger partial charge on any atom is 0.424 e. The van der Waals surface area contributed by atoms with Gasteiger partial charge >= 0.3 is 12.1 Å². The molecule has 2 rings (SSSR count). The molecule has 1 unspecified atom stereocenters. The summed E-state index contributed by atoms with van der Waals surface area (Å²) in [6, 6.07) is 6.60. The summed E-state index contributed by atoms with van der Waals surface area (Å²) in [5, 5.41) is 4.02. The van der Waals surface area contributed by atoms with Gasteiger partial charge in [0.25, 0.3) is 0 Å².